The second-order valence-corrected chi connectivity index (χ2v) is 3.84. The summed E-state index contributed by atoms with van der Waals surface area (Å²) in [5.41, 5.74) is 0.219. The van der Waals surface area contributed by atoms with Crippen molar-refractivity contribution in [3.8, 4) is 12.3 Å². The summed E-state index contributed by atoms with van der Waals surface area (Å²) in [5.74, 6) is 0.0712. The molecule has 76 valence electrons. The molecule has 1 aromatic rings. The average molecular weight is 315 g/mol. The van der Waals surface area contributed by atoms with Crippen molar-refractivity contribution in [2.45, 2.75) is 0 Å². The van der Waals surface area contributed by atoms with Gasteiger partial charge >= 0.3 is 5.97 Å². The van der Waals surface area contributed by atoms with Crippen LogP contribution in [0, 0.1) is 15.9 Å². The minimum atomic E-state index is -1.11. The summed E-state index contributed by atoms with van der Waals surface area (Å²) in [6, 6.07) is 4.63. The van der Waals surface area contributed by atoms with Crippen molar-refractivity contribution >= 4 is 40.2 Å². The molecule has 4 nitrogen and oxygen atoms in total. The van der Waals surface area contributed by atoms with Crippen LogP contribution in [0.4, 0.5) is 5.69 Å². The SMILES string of the molecule is C#CC(=O)Nc1ccc(I)cc1C(=O)O. The van der Waals surface area contributed by atoms with E-state index in [0.29, 0.717) is 0 Å². The molecule has 0 fully saturated rings. The Morgan fingerprint density at radius 1 is 1.47 bits per heavy atom. The number of anilines is 1. The van der Waals surface area contributed by atoms with E-state index in [1.54, 1.807) is 6.07 Å². The summed E-state index contributed by atoms with van der Waals surface area (Å²) >= 11 is 1.98. The van der Waals surface area contributed by atoms with Crippen LogP contribution in [0.2, 0.25) is 0 Å². The van der Waals surface area contributed by atoms with Gasteiger partial charge in [-0.25, -0.2) is 4.79 Å². The van der Waals surface area contributed by atoms with Gasteiger partial charge in [-0.05, 0) is 46.7 Å². The Morgan fingerprint density at radius 3 is 2.67 bits per heavy atom. The average Bonchev–Trinajstić information content (AvgIpc) is 2.20. The zero-order valence-electron chi connectivity index (χ0n) is 7.45. The Labute approximate surface area is 99.8 Å². The van der Waals surface area contributed by atoms with Crippen LogP contribution in [0.3, 0.4) is 0 Å². The van der Waals surface area contributed by atoms with Crippen LogP contribution < -0.4 is 5.32 Å². The molecule has 0 unspecified atom stereocenters. The van der Waals surface area contributed by atoms with Crippen molar-refractivity contribution in [1.29, 1.82) is 0 Å². The zero-order chi connectivity index (χ0) is 11.4. The highest BCUT2D eigenvalue weighted by molar-refractivity contribution is 14.1. The summed E-state index contributed by atoms with van der Waals surface area (Å²) in [4.78, 5) is 21.7. The molecule has 0 saturated heterocycles. The van der Waals surface area contributed by atoms with E-state index in [1.807, 2.05) is 28.5 Å². The van der Waals surface area contributed by atoms with E-state index in [-0.39, 0.29) is 11.3 Å². The fourth-order valence-electron chi connectivity index (χ4n) is 0.961. The summed E-state index contributed by atoms with van der Waals surface area (Å²) in [6.45, 7) is 0. The van der Waals surface area contributed by atoms with E-state index in [0.717, 1.165) is 3.57 Å². The molecule has 0 bridgehead atoms. The minimum absolute atomic E-state index is 0.0190. The fourth-order valence-corrected chi connectivity index (χ4v) is 1.45. The molecule has 0 spiro atoms. The van der Waals surface area contributed by atoms with Crippen LogP contribution in [-0.2, 0) is 4.79 Å². The molecule has 0 aliphatic rings. The number of aromatic carboxylic acids is 1. The van der Waals surface area contributed by atoms with Crippen LogP contribution in [0.1, 0.15) is 10.4 Å². The van der Waals surface area contributed by atoms with E-state index in [1.165, 1.54) is 12.1 Å². The van der Waals surface area contributed by atoms with Gasteiger partial charge in [0.15, 0.2) is 0 Å². The number of carboxylic acids is 1. The second kappa shape index (κ2) is 4.79. The lowest BCUT2D eigenvalue weighted by atomic mass is 10.2. The molecular weight excluding hydrogens is 309 g/mol. The molecule has 0 aromatic heterocycles. The third-order valence-electron chi connectivity index (χ3n) is 1.59. The van der Waals surface area contributed by atoms with Crippen LogP contribution in [-0.4, -0.2) is 17.0 Å². The van der Waals surface area contributed by atoms with Crippen LogP contribution in [0.5, 0.6) is 0 Å². The third kappa shape index (κ3) is 2.95. The molecule has 0 aliphatic carbocycles. The molecule has 1 rings (SSSR count). The van der Waals surface area contributed by atoms with Gasteiger partial charge < -0.3 is 10.4 Å². The molecule has 0 atom stereocenters. The van der Waals surface area contributed by atoms with Gasteiger partial charge in [-0.2, -0.15) is 0 Å². The van der Waals surface area contributed by atoms with Gasteiger partial charge in [-0.15, -0.1) is 6.42 Å². The van der Waals surface area contributed by atoms with E-state index < -0.39 is 11.9 Å². The number of rotatable bonds is 2. The predicted octanol–water partition coefficient (Wildman–Crippen LogP) is 1.56. The number of benzene rings is 1. The van der Waals surface area contributed by atoms with Crippen molar-refractivity contribution in [3.05, 3.63) is 27.3 Å². The summed E-state index contributed by atoms with van der Waals surface area (Å²) in [5, 5.41) is 11.2. The monoisotopic (exact) mass is 315 g/mol. The van der Waals surface area contributed by atoms with Crippen molar-refractivity contribution in [2.75, 3.05) is 5.32 Å². The fraction of sp³-hybridized carbons (Fsp3) is 0. The van der Waals surface area contributed by atoms with Crippen LogP contribution in [0.25, 0.3) is 0 Å². The number of terminal acetylenes is 1. The van der Waals surface area contributed by atoms with Crippen molar-refractivity contribution < 1.29 is 14.7 Å². The van der Waals surface area contributed by atoms with Gasteiger partial charge in [0.25, 0.3) is 5.91 Å². The first-order chi connectivity index (χ1) is 7.04. The van der Waals surface area contributed by atoms with Gasteiger partial charge in [0, 0.05) is 3.57 Å². The highest BCUT2D eigenvalue weighted by Crippen LogP contribution is 2.18. The van der Waals surface area contributed by atoms with Gasteiger partial charge in [0.2, 0.25) is 0 Å². The van der Waals surface area contributed by atoms with E-state index >= 15 is 0 Å². The molecule has 0 saturated carbocycles. The lowest BCUT2D eigenvalue weighted by Crippen LogP contribution is -2.12. The van der Waals surface area contributed by atoms with Crippen LogP contribution in [0.15, 0.2) is 18.2 Å². The highest BCUT2D eigenvalue weighted by atomic mass is 127. The van der Waals surface area contributed by atoms with Gasteiger partial charge in [0.1, 0.15) is 0 Å². The third-order valence-corrected chi connectivity index (χ3v) is 2.26. The molecule has 0 heterocycles. The Morgan fingerprint density at radius 2 is 2.13 bits per heavy atom. The summed E-state index contributed by atoms with van der Waals surface area (Å²) in [7, 11) is 0. The number of carbonyl (C=O) groups excluding carboxylic acids is 1. The Bertz CT molecular complexity index is 462. The number of carboxylic acid groups (broad SMARTS) is 1. The van der Waals surface area contributed by atoms with Gasteiger partial charge in [-0.1, -0.05) is 0 Å². The summed E-state index contributed by atoms with van der Waals surface area (Å²) in [6.07, 6.45) is 4.87. The lowest BCUT2D eigenvalue weighted by Gasteiger charge is -2.05. The second-order valence-electron chi connectivity index (χ2n) is 2.59. The quantitative estimate of drug-likeness (QED) is 0.643. The molecule has 1 amide bonds. The summed E-state index contributed by atoms with van der Waals surface area (Å²) < 4.78 is 0.767. The lowest BCUT2D eigenvalue weighted by molar-refractivity contribution is -0.111. The minimum Gasteiger partial charge on any atom is -0.478 e. The molecular formula is C10H6INO3. The maximum absolute atomic E-state index is 10.9. The number of hydrogen-bond donors (Lipinski definition) is 2. The first-order valence-corrected chi connectivity index (χ1v) is 4.93. The molecule has 15 heavy (non-hydrogen) atoms. The zero-order valence-corrected chi connectivity index (χ0v) is 9.61. The maximum Gasteiger partial charge on any atom is 0.337 e. The first-order valence-electron chi connectivity index (χ1n) is 3.85. The van der Waals surface area contributed by atoms with Gasteiger partial charge in [0.05, 0.1) is 11.3 Å². The smallest absolute Gasteiger partial charge is 0.337 e. The normalized spacial score (nSPS) is 9.07. The standard InChI is InChI=1S/C10H6INO3/c1-2-9(13)12-8-4-3-6(11)5-7(8)10(14)15/h1,3-5H,(H,12,13)(H,14,15). The van der Waals surface area contributed by atoms with Crippen LogP contribution >= 0.6 is 22.6 Å². The number of nitrogens with one attached hydrogen (secondary N) is 1. The molecule has 5 heteroatoms. The molecule has 0 aliphatic heterocycles. The molecule has 1 aromatic carbocycles. The largest absolute Gasteiger partial charge is 0.478 e. The Balaban J connectivity index is 3.13. The molecule has 2 N–H and O–H groups in total. The predicted molar refractivity (Wildman–Crippen MR) is 63.6 cm³/mol. The highest BCUT2D eigenvalue weighted by Gasteiger charge is 2.11. The van der Waals surface area contributed by atoms with Crippen molar-refractivity contribution in [3.63, 3.8) is 0 Å². The number of amides is 1. The number of hydrogen-bond acceptors (Lipinski definition) is 2. The number of carbonyl (C=O) groups is 2. The molecule has 0 radical (unpaired) electrons. The van der Waals surface area contributed by atoms with E-state index in [4.69, 9.17) is 11.5 Å². The van der Waals surface area contributed by atoms with Crippen molar-refractivity contribution in [1.82, 2.24) is 0 Å². The van der Waals surface area contributed by atoms with Gasteiger partial charge in [-0.3, -0.25) is 4.79 Å². The number of halogens is 1. The van der Waals surface area contributed by atoms with E-state index in [9.17, 15) is 9.59 Å². The Kier molecular flexibility index (Phi) is 3.68. The van der Waals surface area contributed by atoms with Crippen molar-refractivity contribution in [2.24, 2.45) is 0 Å². The Hall–Kier alpha value is -1.55. The first kappa shape index (κ1) is 11.5. The van der Waals surface area contributed by atoms with E-state index in [2.05, 4.69) is 5.32 Å². The topological polar surface area (TPSA) is 66.4 Å². The maximum atomic E-state index is 10.9.